The van der Waals surface area contributed by atoms with E-state index in [1.54, 1.807) is 6.07 Å². The molecule has 2 fully saturated rings. The zero-order chi connectivity index (χ0) is 16.2. The monoisotopic (exact) mass is 355 g/mol. The Morgan fingerprint density at radius 1 is 1.26 bits per heavy atom. The van der Waals surface area contributed by atoms with Gasteiger partial charge < -0.3 is 15.5 Å². The van der Waals surface area contributed by atoms with Gasteiger partial charge in [-0.3, -0.25) is 4.21 Å². The van der Waals surface area contributed by atoms with E-state index in [1.807, 2.05) is 12.1 Å². The number of carbonyl (C=O) groups excluding carboxylic acids is 1. The van der Waals surface area contributed by atoms with Crippen molar-refractivity contribution >= 4 is 39.8 Å². The Morgan fingerprint density at radius 3 is 2.74 bits per heavy atom. The van der Waals surface area contributed by atoms with Crippen LogP contribution in [-0.4, -0.2) is 40.9 Å². The molecule has 7 heteroatoms. The third-order valence-electron chi connectivity index (χ3n) is 4.32. The summed E-state index contributed by atoms with van der Waals surface area (Å²) in [6, 6.07) is 5.35. The fourth-order valence-electron chi connectivity index (χ4n) is 3.14. The highest BCUT2D eigenvalue weighted by molar-refractivity contribution is 7.85. The van der Waals surface area contributed by atoms with E-state index >= 15 is 0 Å². The summed E-state index contributed by atoms with van der Waals surface area (Å²) in [6.45, 7) is 2.00. The van der Waals surface area contributed by atoms with Gasteiger partial charge in [0.2, 0.25) is 0 Å². The van der Waals surface area contributed by atoms with Crippen LogP contribution in [0, 0.1) is 0 Å². The van der Waals surface area contributed by atoms with Crippen molar-refractivity contribution in [1.29, 1.82) is 0 Å². The normalized spacial score (nSPS) is 24.5. The van der Waals surface area contributed by atoms with Crippen LogP contribution >= 0.6 is 11.6 Å². The molecule has 1 aromatic carbocycles. The highest BCUT2D eigenvalue weighted by Gasteiger charge is 2.23. The fourth-order valence-corrected chi connectivity index (χ4v) is 4.73. The number of nitrogens with one attached hydrogen (secondary N) is 2. The zero-order valence-electron chi connectivity index (χ0n) is 13.0. The molecule has 0 aromatic heterocycles. The zero-order valence-corrected chi connectivity index (χ0v) is 14.6. The number of urea groups is 1. The van der Waals surface area contributed by atoms with Gasteiger partial charge >= 0.3 is 6.03 Å². The molecule has 0 aliphatic carbocycles. The van der Waals surface area contributed by atoms with Crippen LogP contribution in [0.25, 0.3) is 0 Å². The van der Waals surface area contributed by atoms with Crippen LogP contribution < -0.4 is 15.5 Å². The summed E-state index contributed by atoms with van der Waals surface area (Å²) >= 11 is 6.10. The second kappa shape index (κ2) is 7.53. The Kier molecular flexibility index (Phi) is 5.43. The first-order valence-corrected chi connectivity index (χ1v) is 9.95. The van der Waals surface area contributed by atoms with Crippen LogP contribution in [0.3, 0.4) is 0 Å². The summed E-state index contributed by atoms with van der Waals surface area (Å²) in [4.78, 5) is 14.5. The van der Waals surface area contributed by atoms with Crippen LogP contribution in [0.1, 0.15) is 25.7 Å². The van der Waals surface area contributed by atoms with Crippen LogP contribution in [0.4, 0.5) is 16.2 Å². The van der Waals surface area contributed by atoms with Gasteiger partial charge in [-0.1, -0.05) is 11.6 Å². The Labute approximate surface area is 144 Å². The summed E-state index contributed by atoms with van der Waals surface area (Å²) in [5, 5.41) is 6.42. The molecule has 23 heavy (non-hydrogen) atoms. The van der Waals surface area contributed by atoms with Gasteiger partial charge in [-0.15, -0.1) is 0 Å². The summed E-state index contributed by atoms with van der Waals surface area (Å²) in [6.07, 6.45) is 4.37. The van der Waals surface area contributed by atoms with Gasteiger partial charge in [-0.25, -0.2) is 4.79 Å². The molecule has 2 N–H and O–H groups in total. The minimum absolute atomic E-state index is 0.00606. The molecule has 5 nitrogen and oxygen atoms in total. The van der Waals surface area contributed by atoms with Crippen molar-refractivity contribution in [2.45, 2.75) is 31.7 Å². The average molecular weight is 356 g/mol. The molecule has 2 amide bonds. The molecule has 2 saturated heterocycles. The fraction of sp³-hybridized carbons (Fsp3) is 0.562. The molecular formula is C16H22ClN3O2S. The Balaban J connectivity index is 1.69. The van der Waals surface area contributed by atoms with Crippen LogP contribution in [0.2, 0.25) is 5.02 Å². The summed E-state index contributed by atoms with van der Waals surface area (Å²) in [7, 11) is -0.800. The third-order valence-corrected chi connectivity index (χ3v) is 6.02. The largest absolute Gasteiger partial charge is 0.370 e. The summed E-state index contributed by atoms with van der Waals surface area (Å²) < 4.78 is 11.4. The van der Waals surface area contributed by atoms with E-state index in [0.717, 1.165) is 30.9 Å². The molecule has 0 unspecified atom stereocenters. The van der Waals surface area contributed by atoms with Gasteiger partial charge in [0, 0.05) is 46.5 Å². The number of hydrogen-bond acceptors (Lipinski definition) is 3. The van der Waals surface area contributed by atoms with Crippen LogP contribution in [0.15, 0.2) is 18.2 Å². The topological polar surface area (TPSA) is 61.4 Å². The van der Waals surface area contributed by atoms with E-state index in [-0.39, 0.29) is 12.1 Å². The molecule has 2 aliphatic rings. The van der Waals surface area contributed by atoms with E-state index in [9.17, 15) is 9.00 Å². The number of benzene rings is 1. The van der Waals surface area contributed by atoms with Crippen molar-refractivity contribution in [3.05, 3.63) is 23.2 Å². The predicted octanol–water partition coefficient (Wildman–Crippen LogP) is 2.97. The Morgan fingerprint density at radius 2 is 2.04 bits per heavy atom. The number of rotatable bonds is 3. The number of nitrogens with zero attached hydrogens (tertiary/aromatic N) is 1. The van der Waals surface area contributed by atoms with E-state index < -0.39 is 10.8 Å². The molecule has 0 spiro atoms. The van der Waals surface area contributed by atoms with Crippen molar-refractivity contribution in [2.75, 3.05) is 34.8 Å². The number of halogens is 1. The first kappa shape index (κ1) is 16.6. The van der Waals surface area contributed by atoms with Gasteiger partial charge in [0.15, 0.2) is 0 Å². The van der Waals surface area contributed by atoms with Crippen molar-refractivity contribution in [2.24, 2.45) is 0 Å². The molecule has 0 saturated carbocycles. The molecule has 2 aliphatic heterocycles. The average Bonchev–Trinajstić information content (AvgIpc) is 2.93. The van der Waals surface area contributed by atoms with Crippen molar-refractivity contribution < 1.29 is 9.00 Å². The highest BCUT2D eigenvalue weighted by atomic mass is 35.5. The van der Waals surface area contributed by atoms with Gasteiger partial charge in [0.05, 0.1) is 11.4 Å². The number of hydrogen-bond donors (Lipinski definition) is 2. The lowest BCUT2D eigenvalue weighted by Gasteiger charge is -2.30. The second-order valence-electron chi connectivity index (χ2n) is 6.10. The van der Waals surface area contributed by atoms with E-state index in [0.29, 0.717) is 16.5 Å². The van der Waals surface area contributed by atoms with E-state index in [4.69, 9.17) is 11.6 Å². The lowest BCUT2D eigenvalue weighted by atomic mass is 10.1. The number of piperidine rings is 1. The van der Waals surface area contributed by atoms with Crippen LogP contribution in [0.5, 0.6) is 0 Å². The van der Waals surface area contributed by atoms with Crippen LogP contribution in [-0.2, 0) is 10.8 Å². The molecular weight excluding hydrogens is 334 g/mol. The molecule has 2 atom stereocenters. The molecule has 3 rings (SSSR count). The summed E-state index contributed by atoms with van der Waals surface area (Å²) in [5.74, 6) is 1.21. The summed E-state index contributed by atoms with van der Waals surface area (Å²) in [5.41, 5.74) is 1.75. The Hall–Kier alpha value is -1.27. The number of amides is 2. The van der Waals surface area contributed by atoms with E-state index in [2.05, 4.69) is 15.5 Å². The van der Waals surface area contributed by atoms with Gasteiger partial charge in [0.25, 0.3) is 0 Å². The minimum atomic E-state index is -0.800. The molecule has 126 valence electrons. The third kappa shape index (κ3) is 4.38. The second-order valence-corrected chi connectivity index (χ2v) is 8.16. The lowest BCUT2D eigenvalue weighted by molar-refractivity contribution is 0.249. The maximum Gasteiger partial charge on any atom is 0.319 e. The van der Waals surface area contributed by atoms with Crippen molar-refractivity contribution in [1.82, 2.24) is 5.32 Å². The van der Waals surface area contributed by atoms with Gasteiger partial charge in [-0.05, 0) is 43.9 Å². The minimum Gasteiger partial charge on any atom is -0.370 e. The molecule has 2 heterocycles. The quantitative estimate of drug-likeness (QED) is 0.876. The van der Waals surface area contributed by atoms with Crippen molar-refractivity contribution in [3.8, 4) is 0 Å². The number of anilines is 2. The molecule has 0 radical (unpaired) electrons. The Bertz CT molecular complexity index is 605. The predicted molar refractivity (Wildman–Crippen MR) is 96.0 cm³/mol. The first-order valence-electron chi connectivity index (χ1n) is 8.09. The lowest BCUT2D eigenvalue weighted by Crippen LogP contribution is -2.39. The first-order chi connectivity index (χ1) is 11.1. The van der Waals surface area contributed by atoms with Gasteiger partial charge in [0.1, 0.15) is 0 Å². The maximum absolute atomic E-state index is 12.2. The molecule has 0 bridgehead atoms. The van der Waals surface area contributed by atoms with Gasteiger partial charge in [-0.2, -0.15) is 0 Å². The van der Waals surface area contributed by atoms with Crippen molar-refractivity contribution in [3.63, 3.8) is 0 Å². The standard InChI is InChI=1S/C16H22ClN3O2S/c17-12-4-5-15(20-7-2-1-3-8-20)14(10-12)19-16(21)18-13-6-9-23(22)11-13/h4-5,10,13H,1-3,6-9,11H2,(H2,18,19,21)/t13-,23-/m1/s1. The highest BCUT2D eigenvalue weighted by Crippen LogP contribution is 2.31. The maximum atomic E-state index is 12.2. The smallest absolute Gasteiger partial charge is 0.319 e. The van der Waals surface area contributed by atoms with E-state index in [1.165, 1.54) is 19.3 Å². The molecule has 1 aromatic rings. The SMILES string of the molecule is O=C(Nc1cc(Cl)ccc1N1CCCCC1)N[C@@H]1CC[S@@](=O)C1. The number of carbonyl (C=O) groups is 1.